The number of ether oxygens (including phenoxy) is 8. The lowest BCUT2D eigenvalue weighted by Gasteiger charge is -2.13. The van der Waals surface area contributed by atoms with Crippen LogP contribution >= 0.6 is 0 Å². The highest BCUT2D eigenvalue weighted by atomic mass is 16.6. The average molecular weight is 1180 g/mol. The van der Waals surface area contributed by atoms with Crippen molar-refractivity contribution >= 4 is 39.5 Å². The molecule has 12 heteroatoms. The van der Waals surface area contributed by atoms with Gasteiger partial charge in [-0.2, -0.15) is 5.26 Å². The molecule has 0 unspecified atom stereocenters. The normalized spacial score (nSPS) is 11.0. The molecule has 0 N–H and O–H groups in total. The summed E-state index contributed by atoms with van der Waals surface area (Å²) in [5.41, 5.74) is 3.36. The zero-order chi connectivity index (χ0) is 60.9. The maximum Gasteiger partial charge on any atom is 0.343 e. The Morgan fingerprint density at radius 1 is 0.368 bits per heavy atom. The van der Waals surface area contributed by atoms with Crippen LogP contribution < -0.4 is 23.7 Å². The molecule has 0 saturated carbocycles. The third kappa shape index (κ3) is 23.9. The highest BCUT2D eigenvalue weighted by molar-refractivity contribution is 6.00. The summed E-state index contributed by atoms with van der Waals surface area (Å²) in [6.45, 7) is 12.2. The van der Waals surface area contributed by atoms with Gasteiger partial charge in [0, 0.05) is 13.2 Å². The molecule has 0 spiro atoms. The Morgan fingerprint density at radius 3 is 1.22 bits per heavy atom. The highest BCUT2D eigenvalue weighted by Crippen LogP contribution is 2.30. The smallest absolute Gasteiger partial charge is 0.343 e. The summed E-state index contributed by atoms with van der Waals surface area (Å²) in [6.07, 6.45) is 26.2. The fourth-order valence-electron chi connectivity index (χ4n) is 10.1. The maximum absolute atomic E-state index is 13.9. The number of rotatable bonds is 43. The Hall–Kier alpha value is -8.24. The van der Waals surface area contributed by atoms with Crippen LogP contribution in [0, 0.1) is 11.3 Å². The molecule has 0 fully saturated rings. The summed E-state index contributed by atoms with van der Waals surface area (Å²) < 4.78 is 46.6. The monoisotopic (exact) mass is 1180 g/mol. The van der Waals surface area contributed by atoms with Crippen molar-refractivity contribution in [2.45, 2.75) is 135 Å². The molecular formula is C75H87NO11. The summed E-state index contributed by atoms with van der Waals surface area (Å²) in [7, 11) is 0. The van der Waals surface area contributed by atoms with E-state index in [0.717, 1.165) is 153 Å². The number of nitriles is 1. The van der Waals surface area contributed by atoms with E-state index in [1.165, 1.54) is 56.7 Å². The van der Waals surface area contributed by atoms with Gasteiger partial charge in [-0.1, -0.05) is 151 Å². The first-order valence-electron chi connectivity index (χ1n) is 31.5. The summed E-state index contributed by atoms with van der Waals surface area (Å²) in [6, 6.07) is 44.3. The van der Waals surface area contributed by atoms with Gasteiger partial charge in [-0.15, -0.1) is 13.2 Å². The largest absolute Gasteiger partial charge is 0.494 e. The molecule has 0 aromatic heterocycles. The Kier molecular flexibility index (Phi) is 29.5. The number of hydrogen-bond donors (Lipinski definition) is 0. The lowest BCUT2D eigenvalue weighted by molar-refractivity contribution is 0.0490. The number of esters is 3. The molecule has 0 saturated heterocycles. The molecule has 0 atom stereocenters. The second-order valence-electron chi connectivity index (χ2n) is 21.9. The number of benzene rings is 7. The van der Waals surface area contributed by atoms with Crippen LogP contribution in [0.2, 0.25) is 0 Å². The summed E-state index contributed by atoms with van der Waals surface area (Å²) in [4.78, 5) is 41.4. The summed E-state index contributed by atoms with van der Waals surface area (Å²) >= 11 is 0. The first-order chi connectivity index (χ1) is 42.8. The van der Waals surface area contributed by atoms with E-state index < -0.39 is 17.9 Å². The quantitative estimate of drug-likeness (QED) is 0.0155. The van der Waals surface area contributed by atoms with Crippen LogP contribution in [0.25, 0.3) is 32.7 Å². The second-order valence-corrected chi connectivity index (χ2v) is 21.9. The third-order valence-electron chi connectivity index (χ3n) is 15.0. The SMILES string of the molecule is C=CCOCCCCCCCCCCCOc1ccc2cc(C(=O)Oc3ccc(OC(=O)c4ccc5cc(OCCCCCCOCC=C)ccc5c4)cc3C(=O)OCCCCCCCCCCOc3ccc(-c4ccc(C#N)cc4)cc3)ccc2c1. The highest BCUT2D eigenvalue weighted by Gasteiger charge is 2.21. The lowest BCUT2D eigenvalue weighted by atomic mass is 10.0. The van der Waals surface area contributed by atoms with Crippen molar-refractivity contribution < 1.29 is 52.3 Å². The van der Waals surface area contributed by atoms with Crippen LogP contribution in [0.3, 0.4) is 0 Å². The molecule has 0 aliphatic carbocycles. The molecule has 0 radical (unpaired) electrons. The van der Waals surface area contributed by atoms with E-state index in [9.17, 15) is 14.4 Å². The van der Waals surface area contributed by atoms with Crippen molar-refractivity contribution in [2.75, 3.05) is 52.9 Å². The molecular weight excluding hydrogens is 1090 g/mol. The predicted molar refractivity (Wildman–Crippen MR) is 347 cm³/mol. The average Bonchev–Trinajstić information content (AvgIpc) is 2.99. The number of unbranched alkanes of at least 4 members (excludes halogenated alkanes) is 18. The minimum atomic E-state index is -0.698. The fourth-order valence-corrected chi connectivity index (χ4v) is 10.1. The summed E-state index contributed by atoms with van der Waals surface area (Å²) in [5, 5.41) is 12.6. The summed E-state index contributed by atoms with van der Waals surface area (Å²) in [5.74, 6) is 0.467. The number of carbonyl (C=O) groups is 3. The van der Waals surface area contributed by atoms with Gasteiger partial charge in [0.05, 0.1) is 62.4 Å². The minimum absolute atomic E-state index is 0.0183. The van der Waals surface area contributed by atoms with Gasteiger partial charge in [0.25, 0.3) is 0 Å². The Bertz CT molecular complexity index is 3270. The van der Waals surface area contributed by atoms with E-state index in [1.807, 2.05) is 97.1 Å². The molecule has 7 aromatic rings. The molecule has 7 rings (SSSR count). The Morgan fingerprint density at radius 2 is 0.747 bits per heavy atom. The van der Waals surface area contributed by atoms with Gasteiger partial charge in [0.15, 0.2) is 0 Å². The van der Waals surface area contributed by atoms with Crippen molar-refractivity contribution in [2.24, 2.45) is 0 Å². The topological polar surface area (TPSA) is 149 Å². The van der Waals surface area contributed by atoms with Crippen LogP contribution in [0.4, 0.5) is 0 Å². The molecule has 0 amide bonds. The van der Waals surface area contributed by atoms with Gasteiger partial charge >= 0.3 is 17.9 Å². The van der Waals surface area contributed by atoms with Crippen LogP contribution in [-0.2, 0) is 14.2 Å². The van der Waals surface area contributed by atoms with E-state index in [1.54, 1.807) is 36.4 Å². The molecule has 87 heavy (non-hydrogen) atoms. The predicted octanol–water partition coefficient (Wildman–Crippen LogP) is 18.6. The van der Waals surface area contributed by atoms with Crippen LogP contribution in [0.5, 0.6) is 28.7 Å². The maximum atomic E-state index is 13.9. The zero-order valence-corrected chi connectivity index (χ0v) is 50.8. The Labute approximate surface area is 515 Å². The van der Waals surface area contributed by atoms with Gasteiger partial charge < -0.3 is 37.9 Å². The van der Waals surface area contributed by atoms with Crippen molar-refractivity contribution in [3.63, 3.8) is 0 Å². The molecule has 12 nitrogen and oxygen atoms in total. The van der Waals surface area contributed by atoms with E-state index in [2.05, 4.69) is 19.2 Å². The molecule has 7 aromatic carbocycles. The standard InChI is InChI=1S/C75H87NO11/c1-3-44-80-46-20-14-10-6-5-7-11-16-23-49-83-68-41-37-62-53-66(33-31-64(62)55-68)74(78)87-72-43-42-70(86-73(77)65-32-30-63-54-69(40-36-61(63)52-65)84-50-24-19-18-21-47-81-45-4-2)56-71(72)75(79)85-51-25-17-13-9-8-12-15-22-48-82-67-38-34-60(35-39-67)59-28-26-58(57-76)27-29-59/h3-4,26-43,52-56H,1-2,5-25,44-51H2. The molecule has 0 heterocycles. The van der Waals surface area contributed by atoms with Crippen LogP contribution in [0.1, 0.15) is 171 Å². The van der Waals surface area contributed by atoms with Gasteiger partial charge in [0.2, 0.25) is 0 Å². The number of carbonyl (C=O) groups excluding carboxylic acids is 3. The van der Waals surface area contributed by atoms with Gasteiger partial charge in [-0.25, -0.2) is 14.4 Å². The Balaban J connectivity index is 0.871. The molecule has 0 bridgehead atoms. The van der Waals surface area contributed by atoms with Gasteiger partial charge in [-0.3, -0.25) is 0 Å². The van der Waals surface area contributed by atoms with Crippen LogP contribution in [0.15, 0.2) is 165 Å². The first-order valence-corrected chi connectivity index (χ1v) is 31.5. The van der Waals surface area contributed by atoms with Gasteiger partial charge in [0.1, 0.15) is 34.3 Å². The third-order valence-corrected chi connectivity index (χ3v) is 15.0. The molecule has 458 valence electrons. The van der Waals surface area contributed by atoms with E-state index in [4.69, 9.17) is 43.2 Å². The zero-order valence-electron chi connectivity index (χ0n) is 50.8. The van der Waals surface area contributed by atoms with E-state index in [0.29, 0.717) is 56.1 Å². The number of hydrogen-bond acceptors (Lipinski definition) is 12. The molecule has 0 aliphatic heterocycles. The second kappa shape index (κ2) is 38.7. The van der Waals surface area contributed by atoms with Crippen molar-refractivity contribution in [3.05, 3.63) is 187 Å². The lowest BCUT2D eigenvalue weighted by Crippen LogP contribution is -2.14. The number of fused-ring (bicyclic) bond motifs is 2. The number of nitrogens with zero attached hydrogens (tertiary/aromatic N) is 1. The fraction of sp³-hybridized carbons (Fsp3) is 0.387. The molecule has 0 aliphatic rings. The first kappa shape index (κ1) is 66.3. The van der Waals surface area contributed by atoms with E-state index in [-0.39, 0.29) is 23.7 Å². The van der Waals surface area contributed by atoms with Crippen molar-refractivity contribution in [1.82, 2.24) is 0 Å². The van der Waals surface area contributed by atoms with Crippen LogP contribution in [-0.4, -0.2) is 70.8 Å². The minimum Gasteiger partial charge on any atom is -0.494 e. The van der Waals surface area contributed by atoms with Crippen molar-refractivity contribution in [1.29, 1.82) is 5.26 Å². The van der Waals surface area contributed by atoms with Gasteiger partial charge in [-0.05, 0) is 169 Å². The van der Waals surface area contributed by atoms with Crippen molar-refractivity contribution in [3.8, 4) is 45.9 Å². The van der Waals surface area contributed by atoms with E-state index >= 15 is 0 Å².